The normalized spacial score (nSPS) is 27.2. The van der Waals surface area contributed by atoms with E-state index in [1.165, 1.54) is 25.7 Å². The van der Waals surface area contributed by atoms with Crippen molar-refractivity contribution >= 4 is 11.8 Å². The Balaban J connectivity index is 2.41. The van der Waals surface area contributed by atoms with E-state index in [-0.39, 0.29) is 5.60 Å². The summed E-state index contributed by atoms with van der Waals surface area (Å²) in [6.45, 7) is 9.95. The Morgan fingerprint density at radius 1 is 1.39 bits per heavy atom. The van der Waals surface area contributed by atoms with Crippen molar-refractivity contribution in [3.63, 3.8) is 0 Å². The van der Waals surface area contributed by atoms with Crippen molar-refractivity contribution in [3.8, 4) is 0 Å². The maximum atomic E-state index is 5.64. The van der Waals surface area contributed by atoms with Crippen LogP contribution in [0.5, 0.6) is 0 Å². The van der Waals surface area contributed by atoms with E-state index < -0.39 is 0 Å². The van der Waals surface area contributed by atoms with Crippen molar-refractivity contribution < 1.29 is 4.74 Å². The van der Waals surface area contributed by atoms with Gasteiger partial charge in [0.15, 0.2) is 0 Å². The number of nitrogens with one attached hydrogen (secondary N) is 1. The predicted molar refractivity (Wildman–Crippen MR) is 82.4 cm³/mol. The molecule has 1 N–H and O–H groups in total. The number of ether oxygens (including phenoxy) is 1. The third-order valence-corrected chi connectivity index (χ3v) is 5.63. The molecule has 0 bridgehead atoms. The Hall–Kier alpha value is 0.270. The van der Waals surface area contributed by atoms with Gasteiger partial charge in [-0.25, -0.2) is 0 Å². The van der Waals surface area contributed by atoms with Gasteiger partial charge in [0.25, 0.3) is 0 Å². The van der Waals surface area contributed by atoms with E-state index in [0.717, 1.165) is 23.5 Å². The maximum Gasteiger partial charge on any atom is 0.0783 e. The van der Waals surface area contributed by atoms with E-state index in [0.29, 0.717) is 6.04 Å². The van der Waals surface area contributed by atoms with E-state index in [1.807, 2.05) is 7.11 Å². The minimum absolute atomic E-state index is 0.0801. The van der Waals surface area contributed by atoms with E-state index in [4.69, 9.17) is 4.74 Å². The highest BCUT2D eigenvalue weighted by Crippen LogP contribution is 2.33. The molecule has 0 aromatic rings. The van der Waals surface area contributed by atoms with Gasteiger partial charge in [0.1, 0.15) is 0 Å². The van der Waals surface area contributed by atoms with Crippen LogP contribution in [0.25, 0.3) is 0 Å². The lowest BCUT2D eigenvalue weighted by atomic mass is 9.91. The van der Waals surface area contributed by atoms with Crippen LogP contribution >= 0.6 is 11.8 Å². The van der Waals surface area contributed by atoms with Gasteiger partial charge in [0.05, 0.1) is 5.60 Å². The van der Waals surface area contributed by atoms with E-state index in [1.54, 1.807) is 0 Å². The van der Waals surface area contributed by atoms with Crippen molar-refractivity contribution in [3.05, 3.63) is 0 Å². The highest BCUT2D eigenvalue weighted by atomic mass is 32.2. The van der Waals surface area contributed by atoms with Crippen molar-refractivity contribution in [1.82, 2.24) is 5.32 Å². The Kier molecular flexibility index (Phi) is 7.04. The molecule has 0 heterocycles. The number of rotatable bonds is 7. The van der Waals surface area contributed by atoms with Crippen molar-refractivity contribution in [2.75, 3.05) is 19.4 Å². The molecular weight excluding hydrogens is 242 g/mol. The molecular formula is C15H31NOS. The fourth-order valence-electron chi connectivity index (χ4n) is 2.66. The first-order valence-corrected chi connectivity index (χ1v) is 8.44. The Labute approximate surface area is 118 Å². The summed E-state index contributed by atoms with van der Waals surface area (Å²) in [5, 5.41) is 4.44. The fraction of sp³-hybridized carbons (Fsp3) is 1.00. The molecule has 1 aliphatic rings. The number of methoxy groups -OCH3 is 1. The maximum absolute atomic E-state index is 5.64. The summed E-state index contributed by atoms with van der Waals surface area (Å²) in [4.78, 5) is 0. The molecule has 1 aliphatic carbocycles. The van der Waals surface area contributed by atoms with Crippen LogP contribution in [-0.4, -0.2) is 36.3 Å². The second kappa shape index (κ2) is 7.76. The third kappa shape index (κ3) is 5.10. The molecule has 0 saturated heterocycles. The Morgan fingerprint density at radius 3 is 2.67 bits per heavy atom. The molecule has 18 heavy (non-hydrogen) atoms. The predicted octanol–water partition coefficient (Wildman–Crippen LogP) is 3.70. The molecule has 3 heteroatoms. The largest absolute Gasteiger partial charge is 0.377 e. The highest BCUT2D eigenvalue weighted by molar-refractivity contribution is 7.99. The average Bonchev–Trinajstić information content (AvgIpc) is 2.34. The highest BCUT2D eigenvalue weighted by Gasteiger charge is 2.30. The zero-order chi connectivity index (χ0) is 13.6. The molecule has 0 aliphatic heterocycles. The van der Waals surface area contributed by atoms with Gasteiger partial charge < -0.3 is 10.1 Å². The molecule has 2 nitrogen and oxygen atoms in total. The van der Waals surface area contributed by atoms with Gasteiger partial charge in [0, 0.05) is 24.2 Å². The summed E-state index contributed by atoms with van der Waals surface area (Å²) in [6.07, 6.45) is 5.65. The van der Waals surface area contributed by atoms with Crippen LogP contribution in [0.4, 0.5) is 0 Å². The number of thioether (sulfide) groups is 1. The number of hydrogen-bond acceptors (Lipinski definition) is 3. The molecule has 1 saturated carbocycles. The SMILES string of the molecule is CCNC(CSC1CCCC(C)C1)C(C)(C)OC. The topological polar surface area (TPSA) is 21.3 Å². The first kappa shape index (κ1) is 16.3. The molecule has 1 fully saturated rings. The summed E-state index contributed by atoms with van der Waals surface area (Å²) in [6, 6.07) is 0.440. The zero-order valence-corrected chi connectivity index (χ0v) is 13.6. The third-order valence-electron chi connectivity index (χ3n) is 4.20. The Morgan fingerprint density at radius 2 is 2.11 bits per heavy atom. The van der Waals surface area contributed by atoms with Crippen molar-refractivity contribution in [2.45, 2.75) is 70.3 Å². The quantitative estimate of drug-likeness (QED) is 0.764. The molecule has 0 amide bonds. The molecule has 0 radical (unpaired) electrons. The summed E-state index contributed by atoms with van der Waals surface area (Å²) in [7, 11) is 1.82. The van der Waals surface area contributed by atoms with Crippen LogP contribution in [0.3, 0.4) is 0 Å². The summed E-state index contributed by atoms with van der Waals surface area (Å²) >= 11 is 2.15. The molecule has 108 valence electrons. The lowest BCUT2D eigenvalue weighted by Gasteiger charge is -2.35. The zero-order valence-electron chi connectivity index (χ0n) is 12.8. The monoisotopic (exact) mass is 273 g/mol. The first-order valence-electron chi connectivity index (χ1n) is 7.39. The van der Waals surface area contributed by atoms with Crippen LogP contribution in [0.2, 0.25) is 0 Å². The van der Waals surface area contributed by atoms with Gasteiger partial charge in [0.2, 0.25) is 0 Å². The summed E-state index contributed by atoms with van der Waals surface area (Å²) in [5.74, 6) is 2.08. The van der Waals surface area contributed by atoms with E-state index >= 15 is 0 Å². The second-order valence-corrected chi connectivity index (χ2v) is 7.48. The lowest BCUT2D eigenvalue weighted by Crippen LogP contribution is -2.50. The van der Waals surface area contributed by atoms with E-state index in [9.17, 15) is 0 Å². The first-order chi connectivity index (χ1) is 8.49. The lowest BCUT2D eigenvalue weighted by molar-refractivity contribution is -0.00313. The van der Waals surface area contributed by atoms with Gasteiger partial charge in [-0.2, -0.15) is 11.8 Å². The van der Waals surface area contributed by atoms with Crippen LogP contribution in [0.15, 0.2) is 0 Å². The molecule has 0 spiro atoms. The standard InChI is InChI=1S/C15H31NOS/c1-6-16-14(15(3,4)17-5)11-18-13-9-7-8-12(2)10-13/h12-14,16H,6-11H2,1-5H3. The Bertz CT molecular complexity index is 233. The molecule has 1 rings (SSSR count). The summed E-state index contributed by atoms with van der Waals surface area (Å²) in [5.41, 5.74) is -0.0801. The molecule has 3 atom stereocenters. The minimum atomic E-state index is -0.0801. The van der Waals surface area contributed by atoms with Gasteiger partial charge in [-0.05, 0) is 39.2 Å². The molecule has 0 aromatic heterocycles. The van der Waals surface area contributed by atoms with Crippen LogP contribution in [-0.2, 0) is 4.74 Å². The van der Waals surface area contributed by atoms with Crippen LogP contribution in [0, 0.1) is 5.92 Å². The van der Waals surface area contributed by atoms with Crippen LogP contribution in [0.1, 0.15) is 53.4 Å². The molecule has 0 aromatic carbocycles. The van der Waals surface area contributed by atoms with Gasteiger partial charge >= 0.3 is 0 Å². The van der Waals surface area contributed by atoms with Gasteiger partial charge in [-0.1, -0.05) is 26.7 Å². The van der Waals surface area contributed by atoms with Gasteiger partial charge in [-0.3, -0.25) is 0 Å². The smallest absolute Gasteiger partial charge is 0.0783 e. The average molecular weight is 273 g/mol. The van der Waals surface area contributed by atoms with Crippen molar-refractivity contribution in [2.24, 2.45) is 5.92 Å². The van der Waals surface area contributed by atoms with Gasteiger partial charge in [-0.15, -0.1) is 0 Å². The minimum Gasteiger partial charge on any atom is -0.377 e. The number of hydrogen-bond donors (Lipinski definition) is 1. The fourth-order valence-corrected chi connectivity index (χ4v) is 4.44. The summed E-state index contributed by atoms with van der Waals surface area (Å²) < 4.78 is 5.64. The molecule has 3 unspecified atom stereocenters. The second-order valence-electron chi connectivity index (χ2n) is 6.14. The van der Waals surface area contributed by atoms with Crippen molar-refractivity contribution in [1.29, 1.82) is 0 Å². The van der Waals surface area contributed by atoms with E-state index in [2.05, 4.69) is 44.8 Å². The number of likely N-dealkylation sites (N-methyl/N-ethyl adjacent to an activating group) is 1. The van der Waals surface area contributed by atoms with Crippen LogP contribution < -0.4 is 5.32 Å².